The summed E-state index contributed by atoms with van der Waals surface area (Å²) in [6.07, 6.45) is 3.11. The van der Waals surface area contributed by atoms with E-state index in [1.54, 1.807) is 0 Å². The standard InChI is InChI=1S/C18H32N4O2/c1-13(2)17-15(12-19-11-14-5-4-6-16(14)23)18(21(3)20-17)22-7-9-24-10-8-22/h13-14,16,19,23H,4-12H2,1-3H3. The van der Waals surface area contributed by atoms with Crippen molar-refractivity contribution < 1.29 is 9.84 Å². The zero-order chi connectivity index (χ0) is 17.1. The molecule has 6 nitrogen and oxygen atoms in total. The Morgan fingerprint density at radius 1 is 1.29 bits per heavy atom. The van der Waals surface area contributed by atoms with Crippen molar-refractivity contribution in [1.29, 1.82) is 0 Å². The van der Waals surface area contributed by atoms with Crippen LogP contribution in [0.2, 0.25) is 0 Å². The molecule has 24 heavy (non-hydrogen) atoms. The molecule has 0 radical (unpaired) electrons. The van der Waals surface area contributed by atoms with Crippen LogP contribution in [0, 0.1) is 5.92 Å². The molecule has 136 valence electrons. The highest BCUT2D eigenvalue weighted by Gasteiger charge is 2.27. The molecule has 0 spiro atoms. The Hall–Kier alpha value is -1.11. The summed E-state index contributed by atoms with van der Waals surface area (Å²) in [4.78, 5) is 2.39. The maximum absolute atomic E-state index is 10.0. The van der Waals surface area contributed by atoms with Crippen LogP contribution in [0.4, 0.5) is 5.82 Å². The average molecular weight is 336 g/mol. The lowest BCUT2D eigenvalue weighted by Crippen LogP contribution is -2.38. The van der Waals surface area contributed by atoms with Gasteiger partial charge in [0.15, 0.2) is 0 Å². The predicted octanol–water partition coefficient (Wildman–Crippen LogP) is 1.63. The van der Waals surface area contributed by atoms with E-state index in [2.05, 4.69) is 24.1 Å². The monoisotopic (exact) mass is 336 g/mol. The maximum Gasteiger partial charge on any atom is 0.131 e. The molecule has 1 aliphatic carbocycles. The van der Waals surface area contributed by atoms with Crippen molar-refractivity contribution in [2.75, 3.05) is 37.7 Å². The molecule has 1 saturated carbocycles. The van der Waals surface area contributed by atoms with Gasteiger partial charge in [-0.1, -0.05) is 20.3 Å². The van der Waals surface area contributed by atoms with E-state index in [0.29, 0.717) is 11.8 Å². The van der Waals surface area contributed by atoms with Crippen molar-refractivity contribution in [3.05, 3.63) is 11.3 Å². The summed E-state index contributed by atoms with van der Waals surface area (Å²) >= 11 is 0. The van der Waals surface area contributed by atoms with Gasteiger partial charge in [-0.3, -0.25) is 4.68 Å². The second-order valence-electron chi connectivity index (χ2n) is 7.45. The van der Waals surface area contributed by atoms with Gasteiger partial charge < -0.3 is 20.1 Å². The summed E-state index contributed by atoms with van der Waals surface area (Å²) in [5, 5.41) is 18.4. The minimum absolute atomic E-state index is 0.130. The van der Waals surface area contributed by atoms with Gasteiger partial charge in [-0.15, -0.1) is 0 Å². The lowest BCUT2D eigenvalue weighted by Gasteiger charge is -2.30. The van der Waals surface area contributed by atoms with E-state index in [1.807, 2.05) is 11.7 Å². The number of rotatable bonds is 6. The lowest BCUT2D eigenvalue weighted by atomic mass is 10.0. The van der Waals surface area contributed by atoms with E-state index < -0.39 is 0 Å². The third-order valence-corrected chi connectivity index (χ3v) is 5.33. The normalized spacial score (nSPS) is 25.0. The first kappa shape index (κ1) is 17.7. The van der Waals surface area contributed by atoms with E-state index in [-0.39, 0.29) is 6.10 Å². The Morgan fingerprint density at radius 3 is 2.67 bits per heavy atom. The van der Waals surface area contributed by atoms with Crippen LogP contribution in [0.1, 0.15) is 50.3 Å². The van der Waals surface area contributed by atoms with Crippen LogP contribution in [0.25, 0.3) is 0 Å². The highest BCUT2D eigenvalue weighted by molar-refractivity contribution is 5.51. The quantitative estimate of drug-likeness (QED) is 0.827. The van der Waals surface area contributed by atoms with Gasteiger partial charge in [-0.25, -0.2) is 0 Å². The summed E-state index contributed by atoms with van der Waals surface area (Å²) in [6.45, 7) is 9.52. The molecule has 2 atom stereocenters. The van der Waals surface area contributed by atoms with Gasteiger partial charge in [0, 0.05) is 38.8 Å². The number of hydrogen-bond donors (Lipinski definition) is 2. The first-order chi connectivity index (χ1) is 11.6. The molecule has 1 saturated heterocycles. The van der Waals surface area contributed by atoms with Crippen molar-refractivity contribution >= 4 is 5.82 Å². The molecule has 1 aromatic rings. The molecule has 1 aliphatic heterocycles. The van der Waals surface area contributed by atoms with Crippen LogP contribution in [-0.4, -0.2) is 53.8 Å². The van der Waals surface area contributed by atoms with Gasteiger partial charge in [0.25, 0.3) is 0 Å². The summed E-state index contributed by atoms with van der Waals surface area (Å²) < 4.78 is 7.53. The Balaban J connectivity index is 1.73. The second-order valence-corrected chi connectivity index (χ2v) is 7.45. The Labute approximate surface area is 145 Å². The lowest BCUT2D eigenvalue weighted by molar-refractivity contribution is 0.122. The number of aromatic nitrogens is 2. The fourth-order valence-corrected chi connectivity index (χ4v) is 4.02. The number of morpholine rings is 1. The largest absolute Gasteiger partial charge is 0.393 e. The molecule has 2 fully saturated rings. The van der Waals surface area contributed by atoms with Crippen LogP contribution < -0.4 is 10.2 Å². The maximum atomic E-state index is 10.0. The average Bonchev–Trinajstić information content (AvgIpc) is 3.12. The minimum atomic E-state index is -0.130. The van der Waals surface area contributed by atoms with Crippen molar-refractivity contribution in [2.45, 2.75) is 51.7 Å². The minimum Gasteiger partial charge on any atom is -0.393 e. The number of aliphatic hydroxyl groups is 1. The smallest absolute Gasteiger partial charge is 0.131 e. The third kappa shape index (κ3) is 3.76. The summed E-state index contributed by atoms with van der Waals surface area (Å²) in [6, 6.07) is 0. The molecule has 2 N–H and O–H groups in total. The number of aliphatic hydroxyl groups excluding tert-OH is 1. The summed E-state index contributed by atoms with van der Waals surface area (Å²) in [7, 11) is 2.04. The Bertz CT molecular complexity index is 537. The van der Waals surface area contributed by atoms with Crippen molar-refractivity contribution in [3.63, 3.8) is 0 Å². The van der Waals surface area contributed by atoms with Crippen LogP contribution in [0.5, 0.6) is 0 Å². The predicted molar refractivity (Wildman–Crippen MR) is 95.4 cm³/mol. The number of nitrogens with one attached hydrogen (secondary N) is 1. The molecule has 0 aromatic carbocycles. The zero-order valence-corrected chi connectivity index (χ0v) is 15.3. The molecule has 1 aromatic heterocycles. The van der Waals surface area contributed by atoms with E-state index in [1.165, 1.54) is 17.1 Å². The third-order valence-electron chi connectivity index (χ3n) is 5.33. The van der Waals surface area contributed by atoms with E-state index in [9.17, 15) is 5.11 Å². The highest BCUT2D eigenvalue weighted by Crippen LogP contribution is 2.29. The van der Waals surface area contributed by atoms with Crippen molar-refractivity contribution in [3.8, 4) is 0 Å². The summed E-state index contributed by atoms with van der Waals surface area (Å²) in [5.74, 6) is 2.03. The second kappa shape index (κ2) is 7.85. The Kier molecular flexibility index (Phi) is 5.79. The molecule has 2 aliphatic rings. The van der Waals surface area contributed by atoms with Crippen molar-refractivity contribution in [2.24, 2.45) is 13.0 Å². The number of ether oxygens (including phenoxy) is 1. The van der Waals surface area contributed by atoms with Crippen LogP contribution >= 0.6 is 0 Å². The number of aryl methyl sites for hydroxylation is 1. The molecule has 0 bridgehead atoms. The number of nitrogens with zero attached hydrogens (tertiary/aromatic N) is 3. The fraction of sp³-hybridized carbons (Fsp3) is 0.833. The molecular formula is C18H32N4O2. The van der Waals surface area contributed by atoms with Crippen molar-refractivity contribution in [1.82, 2.24) is 15.1 Å². The number of anilines is 1. The molecule has 0 amide bonds. The van der Waals surface area contributed by atoms with Gasteiger partial charge in [-0.2, -0.15) is 5.10 Å². The molecule has 2 heterocycles. The van der Waals surface area contributed by atoms with Gasteiger partial charge in [-0.05, 0) is 24.7 Å². The van der Waals surface area contributed by atoms with Gasteiger partial charge in [0.2, 0.25) is 0 Å². The molecule has 6 heteroatoms. The summed E-state index contributed by atoms with van der Waals surface area (Å²) in [5.41, 5.74) is 2.49. The fourth-order valence-electron chi connectivity index (χ4n) is 4.02. The molecular weight excluding hydrogens is 304 g/mol. The zero-order valence-electron chi connectivity index (χ0n) is 15.3. The van der Waals surface area contributed by atoms with E-state index in [0.717, 1.165) is 58.7 Å². The molecule has 3 rings (SSSR count). The van der Waals surface area contributed by atoms with E-state index >= 15 is 0 Å². The number of hydrogen-bond acceptors (Lipinski definition) is 5. The molecule has 2 unspecified atom stereocenters. The first-order valence-corrected chi connectivity index (χ1v) is 9.35. The van der Waals surface area contributed by atoms with E-state index in [4.69, 9.17) is 9.84 Å². The van der Waals surface area contributed by atoms with Crippen LogP contribution in [0.15, 0.2) is 0 Å². The SMILES string of the molecule is CC(C)c1nn(C)c(N2CCOCC2)c1CNCC1CCCC1O. The first-order valence-electron chi connectivity index (χ1n) is 9.35. The topological polar surface area (TPSA) is 62.5 Å². The van der Waals surface area contributed by atoms with Gasteiger partial charge in [0.1, 0.15) is 5.82 Å². The van der Waals surface area contributed by atoms with Gasteiger partial charge in [0.05, 0.1) is 25.0 Å². The van der Waals surface area contributed by atoms with Crippen LogP contribution in [0.3, 0.4) is 0 Å². The van der Waals surface area contributed by atoms with Crippen LogP contribution in [-0.2, 0) is 18.3 Å². The van der Waals surface area contributed by atoms with Gasteiger partial charge >= 0.3 is 0 Å². The highest BCUT2D eigenvalue weighted by atomic mass is 16.5. The Morgan fingerprint density at radius 2 is 2.04 bits per heavy atom.